The van der Waals surface area contributed by atoms with Crippen LogP contribution in [0.15, 0.2) is 0 Å². The Balaban J connectivity index is 3.56. The fourth-order valence-electron chi connectivity index (χ4n) is 2.55. The van der Waals surface area contributed by atoms with Crippen LogP contribution in [-0.4, -0.2) is 0 Å². The van der Waals surface area contributed by atoms with Crippen molar-refractivity contribution in [3.05, 3.63) is 6.42 Å². The molecule has 0 nitrogen and oxygen atoms in total. The predicted octanol–water partition coefficient (Wildman–Crippen LogP) is 6.40. The monoisotopic (exact) mass is 239 g/mol. The van der Waals surface area contributed by atoms with E-state index in [0.29, 0.717) is 0 Å². The Labute approximate surface area is 111 Å². The van der Waals surface area contributed by atoms with Crippen molar-refractivity contribution in [1.29, 1.82) is 0 Å². The molecule has 0 spiro atoms. The lowest BCUT2D eigenvalue weighted by atomic mass is 9.87. The molecule has 0 aromatic rings. The van der Waals surface area contributed by atoms with Crippen LogP contribution in [0.1, 0.15) is 91.9 Å². The van der Waals surface area contributed by atoms with Gasteiger partial charge >= 0.3 is 0 Å². The zero-order valence-corrected chi connectivity index (χ0v) is 12.8. The SMILES string of the molecule is CCCCCCC([CH]C(C)CCCCC)CC. The second-order valence-electron chi connectivity index (χ2n) is 5.68. The first-order chi connectivity index (χ1) is 8.24. The molecule has 0 bridgehead atoms. The van der Waals surface area contributed by atoms with E-state index in [-0.39, 0.29) is 0 Å². The van der Waals surface area contributed by atoms with Gasteiger partial charge in [0.25, 0.3) is 0 Å². The van der Waals surface area contributed by atoms with Crippen LogP contribution in [0.2, 0.25) is 0 Å². The van der Waals surface area contributed by atoms with Gasteiger partial charge in [-0.15, -0.1) is 0 Å². The zero-order chi connectivity index (χ0) is 12.9. The third kappa shape index (κ3) is 10.9. The van der Waals surface area contributed by atoms with Gasteiger partial charge in [-0.05, 0) is 18.3 Å². The predicted molar refractivity (Wildman–Crippen MR) is 80.1 cm³/mol. The van der Waals surface area contributed by atoms with E-state index in [4.69, 9.17) is 0 Å². The van der Waals surface area contributed by atoms with Crippen LogP contribution in [0.5, 0.6) is 0 Å². The van der Waals surface area contributed by atoms with Crippen LogP contribution in [0, 0.1) is 18.3 Å². The Morgan fingerprint density at radius 1 is 0.765 bits per heavy atom. The van der Waals surface area contributed by atoms with E-state index in [0.717, 1.165) is 11.8 Å². The molecule has 0 saturated carbocycles. The standard InChI is InChI=1S/C17H35/c1-5-8-10-12-14-17(7-3)15-16(4)13-11-9-6-2/h15-17H,5-14H2,1-4H3. The molecule has 2 atom stereocenters. The molecule has 0 fully saturated rings. The van der Waals surface area contributed by atoms with Gasteiger partial charge < -0.3 is 0 Å². The fraction of sp³-hybridized carbons (Fsp3) is 0.941. The minimum atomic E-state index is 0.831. The Morgan fingerprint density at radius 2 is 1.35 bits per heavy atom. The van der Waals surface area contributed by atoms with Gasteiger partial charge in [-0.25, -0.2) is 0 Å². The summed E-state index contributed by atoms with van der Waals surface area (Å²) in [6, 6.07) is 0. The lowest BCUT2D eigenvalue weighted by molar-refractivity contribution is 0.424. The summed E-state index contributed by atoms with van der Waals surface area (Å²) in [6.45, 7) is 9.33. The molecule has 0 heterocycles. The molecule has 0 aromatic carbocycles. The van der Waals surface area contributed by atoms with Crippen molar-refractivity contribution in [2.75, 3.05) is 0 Å². The van der Waals surface area contributed by atoms with Gasteiger partial charge in [-0.3, -0.25) is 0 Å². The molecule has 2 unspecified atom stereocenters. The summed E-state index contributed by atoms with van der Waals surface area (Å²) >= 11 is 0. The average Bonchev–Trinajstić information content (AvgIpc) is 2.33. The average molecular weight is 239 g/mol. The van der Waals surface area contributed by atoms with Gasteiger partial charge in [-0.2, -0.15) is 0 Å². The number of hydrogen-bond donors (Lipinski definition) is 0. The van der Waals surface area contributed by atoms with Crippen molar-refractivity contribution in [3.63, 3.8) is 0 Å². The summed E-state index contributed by atoms with van der Waals surface area (Å²) in [7, 11) is 0. The van der Waals surface area contributed by atoms with Gasteiger partial charge in [-0.1, -0.05) is 91.9 Å². The van der Waals surface area contributed by atoms with Crippen molar-refractivity contribution in [2.24, 2.45) is 11.8 Å². The molecule has 0 amide bonds. The van der Waals surface area contributed by atoms with Gasteiger partial charge in [0.1, 0.15) is 0 Å². The van der Waals surface area contributed by atoms with Crippen LogP contribution in [0.25, 0.3) is 0 Å². The first-order valence-corrected chi connectivity index (χ1v) is 8.09. The van der Waals surface area contributed by atoms with Crippen LogP contribution in [-0.2, 0) is 0 Å². The van der Waals surface area contributed by atoms with Crippen LogP contribution < -0.4 is 0 Å². The van der Waals surface area contributed by atoms with E-state index < -0.39 is 0 Å². The Hall–Kier alpha value is 0. The Morgan fingerprint density at radius 3 is 1.94 bits per heavy atom. The normalized spacial score (nSPS) is 14.8. The molecular formula is C17H35. The third-order valence-electron chi connectivity index (χ3n) is 3.82. The van der Waals surface area contributed by atoms with Crippen molar-refractivity contribution in [2.45, 2.75) is 91.9 Å². The topological polar surface area (TPSA) is 0 Å². The minimum Gasteiger partial charge on any atom is -0.0654 e. The van der Waals surface area contributed by atoms with Crippen molar-refractivity contribution < 1.29 is 0 Å². The van der Waals surface area contributed by atoms with Crippen LogP contribution >= 0.6 is 0 Å². The lowest BCUT2D eigenvalue weighted by Gasteiger charge is -2.19. The molecule has 17 heavy (non-hydrogen) atoms. The van der Waals surface area contributed by atoms with Crippen molar-refractivity contribution in [3.8, 4) is 0 Å². The first kappa shape index (κ1) is 17.0. The van der Waals surface area contributed by atoms with E-state index in [1.165, 1.54) is 64.2 Å². The molecule has 0 aliphatic carbocycles. The second-order valence-corrected chi connectivity index (χ2v) is 5.68. The summed E-state index contributed by atoms with van der Waals surface area (Å²) in [5.74, 6) is 1.71. The number of rotatable bonds is 12. The zero-order valence-electron chi connectivity index (χ0n) is 12.8. The van der Waals surface area contributed by atoms with Crippen LogP contribution in [0.4, 0.5) is 0 Å². The summed E-state index contributed by atoms with van der Waals surface area (Å²) in [5, 5.41) is 0. The third-order valence-corrected chi connectivity index (χ3v) is 3.82. The first-order valence-electron chi connectivity index (χ1n) is 8.09. The number of hydrogen-bond acceptors (Lipinski definition) is 0. The van der Waals surface area contributed by atoms with Gasteiger partial charge in [0.15, 0.2) is 0 Å². The molecular weight excluding hydrogens is 204 g/mol. The van der Waals surface area contributed by atoms with Crippen molar-refractivity contribution in [1.82, 2.24) is 0 Å². The van der Waals surface area contributed by atoms with E-state index in [1.54, 1.807) is 0 Å². The summed E-state index contributed by atoms with van der Waals surface area (Å²) in [5.41, 5.74) is 0. The maximum atomic E-state index is 2.64. The minimum absolute atomic E-state index is 0.831. The lowest BCUT2D eigenvalue weighted by Crippen LogP contribution is -2.07. The molecule has 1 radical (unpaired) electrons. The molecule has 0 aromatic heterocycles. The maximum Gasteiger partial charge on any atom is -0.0327 e. The van der Waals surface area contributed by atoms with Crippen LogP contribution in [0.3, 0.4) is 0 Å². The van der Waals surface area contributed by atoms with Gasteiger partial charge in [0.05, 0.1) is 0 Å². The summed E-state index contributed by atoms with van der Waals surface area (Å²) < 4.78 is 0. The largest absolute Gasteiger partial charge is 0.0654 e. The highest BCUT2D eigenvalue weighted by Crippen LogP contribution is 2.24. The molecule has 0 aliphatic rings. The maximum absolute atomic E-state index is 2.64. The van der Waals surface area contributed by atoms with E-state index in [9.17, 15) is 0 Å². The smallest absolute Gasteiger partial charge is 0.0327 e. The highest BCUT2D eigenvalue weighted by atomic mass is 14.2. The van der Waals surface area contributed by atoms with E-state index in [1.807, 2.05) is 0 Å². The molecule has 0 aliphatic heterocycles. The van der Waals surface area contributed by atoms with Gasteiger partial charge in [0, 0.05) is 0 Å². The Kier molecular flexibility index (Phi) is 12.5. The van der Waals surface area contributed by atoms with E-state index >= 15 is 0 Å². The second kappa shape index (κ2) is 12.5. The molecule has 0 heteroatoms. The highest BCUT2D eigenvalue weighted by molar-refractivity contribution is 4.80. The van der Waals surface area contributed by atoms with E-state index in [2.05, 4.69) is 34.1 Å². The molecule has 103 valence electrons. The molecule has 0 rings (SSSR count). The fourth-order valence-corrected chi connectivity index (χ4v) is 2.55. The summed E-state index contributed by atoms with van der Waals surface area (Å²) in [4.78, 5) is 0. The summed E-state index contributed by atoms with van der Waals surface area (Å²) in [6.07, 6.45) is 16.6. The molecule has 0 N–H and O–H groups in total. The highest BCUT2D eigenvalue weighted by Gasteiger charge is 2.11. The Bertz CT molecular complexity index is 139. The molecule has 0 saturated heterocycles. The quantitative estimate of drug-likeness (QED) is 0.345. The van der Waals surface area contributed by atoms with Gasteiger partial charge in [0.2, 0.25) is 0 Å². The number of unbranched alkanes of at least 4 members (excludes halogenated alkanes) is 5. The van der Waals surface area contributed by atoms with Crippen molar-refractivity contribution >= 4 is 0 Å².